The quantitative estimate of drug-likeness (QED) is 0.799. The highest BCUT2D eigenvalue weighted by molar-refractivity contribution is 7.90. The van der Waals surface area contributed by atoms with Crippen LogP contribution in [0.15, 0.2) is 23.1 Å². The number of rotatable bonds is 6. The second-order valence-corrected chi connectivity index (χ2v) is 8.43. The van der Waals surface area contributed by atoms with E-state index >= 15 is 0 Å². The third-order valence-corrected chi connectivity index (χ3v) is 6.11. The third kappa shape index (κ3) is 3.44. The maximum absolute atomic E-state index is 12.7. The number of hydrogen-bond donors (Lipinski definition) is 1. The highest BCUT2D eigenvalue weighted by atomic mass is 32.2. The van der Waals surface area contributed by atoms with Crippen LogP contribution in [0.25, 0.3) is 0 Å². The third-order valence-electron chi connectivity index (χ3n) is 4.12. The summed E-state index contributed by atoms with van der Waals surface area (Å²) >= 11 is 0. The van der Waals surface area contributed by atoms with Crippen LogP contribution in [0, 0.1) is 0 Å². The number of carboxylic acid groups (broad SMARTS) is 1. The van der Waals surface area contributed by atoms with Gasteiger partial charge in [0.25, 0.3) is 21.8 Å². The molecule has 1 aromatic rings. The highest BCUT2D eigenvalue weighted by Gasteiger charge is 2.43. The summed E-state index contributed by atoms with van der Waals surface area (Å²) in [7, 11) is -4.00. The molecule has 1 aliphatic rings. The Morgan fingerprint density at radius 1 is 1.19 bits per heavy atom. The first-order valence-electron chi connectivity index (χ1n) is 8.24. The molecule has 2 amide bonds. The maximum atomic E-state index is 12.7. The minimum atomic E-state index is -4.00. The molecule has 1 heterocycles. The van der Waals surface area contributed by atoms with Gasteiger partial charge in [0.1, 0.15) is 4.90 Å². The SMILES string of the molecule is CC(C)N(CCC(=O)O)C(=O)c1ccc2c(c1)S(=O)(=O)N(C(C)C)C2=O. The van der Waals surface area contributed by atoms with Crippen molar-refractivity contribution in [2.24, 2.45) is 0 Å². The molecule has 1 aromatic carbocycles. The monoisotopic (exact) mass is 382 g/mol. The van der Waals surface area contributed by atoms with Crippen molar-refractivity contribution < 1.29 is 27.9 Å². The smallest absolute Gasteiger partial charge is 0.305 e. The molecular formula is C17H22N2O6S. The second-order valence-electron chi connectivity index (χ2n) is 6.65. The number of carbonyl (C=O) groups excluding carboxylic acids is 2. The first kappa shape index (κ1) is 19.9. The Morgan fingerprint density at radius 2 is 1.81 bits per heavy atom. The molecule has 0 fully saturated rings. The number of hydrogen-bond acceptors (Lipinski definition) is 5. The van der Waals surface area contributed by atoms with Gasteiger partial charge < -0.3 is 10.0 Å². The molecule has 1 N–H and O–H groups in total. The Labute approximate surface area is 152 Å². The predicted octanol–water partition coefficient (Wildman–Crippen LogP) is 1.56. The number of sulfonamides is 1. The lowest BCUT2D eigenvalue weighted by atomic mass is 10.1. The topological polar surface area (TPSA) is 112 Å². The van der Waals surface area contributed by atoms with E-state index in [1.54, 1.807) is 27.7 Å². The Balaban J connectivity index is 2.43. The Bertz CT molecular complexity index is 860. The summed E-state index contributed by atoms with van der Waals surface area (Å²) in [5.41, 5.74) is 0.140. The van der Waals surface area contributed by atoms with Crippen LogP contribution in [-0.2, 0) is 14.8 Å². The van der Waals surface area contributed by atoms with Gasteiger partial charge in [-0.3, -0.25) is 14.4 Å². The van der Waals surface area contributed by atoms with Gasteiger partial charge in [0.05, 0.1) is 12.0 Å². The van der Waals surface area contributed by atoms with Crippen molar-refractivity contribution in [1.29, 1.82) is 0 Å². The van der Waals surface area contributed by atoms with E-state index in [9.17, 15) is 22.8 Å². The summed E-state index contributed by atoms with van der Waals surface area (Å²) in [6, 6.07) is 3.13. The van der Waals surface area contributed by atoms with Crippen molar-refractivity contribution in [2.75, 3.05) is 6.54 Å². The average molecular weight is 382 g/mol. The molecule has 0 radical (unpaired) electrons. The van der Waals surface area contributed by atoms with Gasteiger partial charge in [0.2, 0.25) is 0 Å². The van der Waals surface area contributed by atoms with E-state index < -0.39 is 33.8 Å². The fourth-order valence-electron chi connectivity index (χ4n) is 2.87. The number of carboxylic acids is 1. The van der Waals surface area contributed by atoms with Gasteiger partial charge >= 0.3 is 5.97 Å². The van der Waals surface area contributed by atoms with Gasteiger partial charge in [-0.2, -0.15) is 0 Å². The Kier molecular flexibility index (Phi) is 5.41. The first-order chi connectivity index (χ1) is 12.0. The number of amides is 2. The Morgan fingerprint density at radius 3 is 2.31 bits per heavy atom. The number of nitrogens with zero attached hydrogens (tertiary/aromatic N) is 2. The number of carbonyl (C=O) groups is 3. The van der Waals surface area contributed by atoms with Gasteiger partial charge in [-0.05, 0) is 45.9 Å². The number of fused-ring (bicyclic) bond motifs is 1. The normalized spacial score (nSPS) is 15.5. The Hall–Kier alpha value is -2.42. The summed E-state index contributed by atoms with van der Waals surface area (Å²) in [4.78, 5) is 37.1. The highest BCUT2D eigenvalue weighted by Crippen LogP contribution is 2.32. The lowest BCUT2D eigenvalue weighted by molar-refractivity contribution is -0.137. The largest absolute Gasteiger partial charge is 0.481 e. The first-order valence-corrected chi connectivity index (χ1v) is 9.68. The van der Waals surface area contributed by atoms with Gasteiger partial charge in [-0.1, -0.05) is 0 Å². The lowest BCUT2D eigenvalue weighted by Crippen LogP contribution is -2.38. The molecule has 142 valence electrons. The zero-order valence-electron chi connectivity index (χ0n) is 15.1. The summed E-state index contributed by atoms with van der Waals surface area (Å²) in [5.74, 6) is -2.12. The van der Waals surface area contributed by atoms with E-state index in [4.69, 9.17) is 5.11 Å². The van der Waals surface area contributed by atoms with E-state index in [0.717, 1.165) is 4.31 Å². The van der Waals surface area contributed by atoms with Gasteiger partial charge in [0.15, 0.2) is 0 Å². The van der Waals surface area contributed by atoms with Crippen LogP contribution in [0.5, 0.6) is 0 Å². The molecule has 0 saturated carbocycles. The average Bonchev–Trinajstić information content (AvgIpc) is 2.72. The molecule has 1 aliphatic heterocycles. The van der Waals surface area contributed by atoms with Crippen molar-refractivity contribution in [3.63, 3.8) is 0 Å². The predicted molar refractivity (Wildman–Crippen MR) is 93.4 cm³/mol. The zero-order chi connectivity index (χ0) is 19.8. The van der Waals surface area contributed by atoms with Crippen molar-refractivity contribution in [1.82, 2.24) is 9.21 Å². The van der Waals surface area contributed by atoms with Crippen LogP contribution in [0.2, 0.25) is 0 Å². The van der Waals surface area contributed by atoms with Crippen LogP contribution < -0.4 is 0 Å². The molecule has 0 aromatic heterocycles. The molecule has 2 rings (SSSR count). The molecule has 0 atom stereocenters. The van der Waals surface area contributed by atoms with Crippen LogP contribution in [0.3, 0.4) is 0 Å². The molecule has 0 unspecified atom stereocenters. The molecule has 0 saturated heterocycles. The van der Waals surface area contributed by atoms with Gasteiger partial charge in [-0.15, -0.1) is 0 Å². The van der Waals surface area contributed by atoms with Crippen molar-refractivity contribution >= 4 is 27.8 Å². The summed E-state index contributed by atoms with van der Waals surface area (Å²) in [5, 5.41) is 8.84. The van der Waals surface area contributed by atoms with E-state index in [0.29, 0.717) is 0 Å². The van der Waals surface area contributed by atoms with E-state index in [1.807, 2.05) is 0 Å². The second kappa shape index (κ2) is 7.06. The van der Waals surface area contributed by atoms with Crippen LogP contribution >= 0.6 is 0 Å². The fraction of sp³-hybridized carbons (Fsp3) is 0.471. The molecule has 26 heavy (non-hydrogen) atoms. The standard InChI is InChI=1S/C17H22N2O6S/c1-10(2)18(8-7-15(20)21)16(22)12-5-6-13-14(9-12)26(24,25)19(11(3)4)17(13)23/h5-6,9-11H,7-8H2,1-4H3,(H,20,21). The zero-order valence-corrected chi connectivity index (χ0v) is 15.9. The van der Waals surface area contributed by atoms with Crippen molar-refractivity contribution in [3.8, 4) is 0 Å². The van der Waals surface area contributed by atoms with E-state index in [1.165, 1.54) is 23.1 Å². The van der Waals surface area contributed by atoms with Gasteiger partial charge in [-0.25, -0.2) is 12.7 Å². The van der Waals surface area contributed by atoms with Crippen LogP contribution in [0.4, 0.5) is 0 Å². The van der Waals surface area contributed by atoms with Crippen molar-refractivity contribution in [3.05, 3.63) is 29.3 Å². The molecule has 9 heteroatoms. The minimum Gasteiger partial charge on any atom is -0.481 e. The summed E-state index contributed by atoms with van der Waals surface area (Å²) < 4.78 is 26.1. The van der Waals surface area contributed by atoms with Crippen LogP contribution in [-0.4, -0.2) is 59.1 Å². The molecule has 8 nitrogen and oxygen atoms in total. The lowest BCUT2D eigenvalue weighted by Gasteiger charge is -2.26. The van der Waals surface area contributed by atoms with Crippen molar-refractivity contribution in [2.45, 2.75) is 51.1 Å². The molecule has 0 aliphatic carbocycles. The number of benzene rings is 1. The summed E-state index contributed by atoms with van der Waals surface area (Å²) in [6.07, 6.45) is -0.216. The van der Waals surface area contributed by atoms with E-state index in [-0.39, 0.29) is 35.0 Å². The molecule has 0 spiro atoms. The summed E-state index contributed by atoms with van der Waals surface area (Å²) in [6.45, 7) is 6.69. The number of aliphatic carboxylic acids is 1. The molecule has 0 bridgehead atoms. The fourth-order valence-corrected chi connectivity index (χ4v) is 4.66. The van der Waals surface area contributed by atoms with Gasteiger partial charge in [0, 0.05) is 24.2 Å². The van der Waals surface area contributed by atoms with E-state index in [2.05, 4.69) is 0 Å². The van der Waals surface area contributed by atoms with Crippen LogP contribution in [0.1, 0.15) is 54.8 Å². The maximum Gasteiger partial charge on any atom is 0.305 e. The molecular weight excluding hydrogens is 360 g/mol. The minimum absolute atomic E-state index is 0.00666.